The zero-order chi connectivity index (χ0) is 22.7. The van der Waals surface area contributed by atoms with Crippen molar-refractivity contribution in [2.24, 2.45) is 0 Å². The zero-order valence-corrected chi connectivity index (χ0v) is 18.5. The van der Waals surface area contributed by atoms with Gasteiger partial charge in [0.25, 0.3) is 10.0 Å². The Morgan fingerprint density at radius 1 is 1.06 bits per heavy atom. The van der Waals surface area contributed by atoms with Crippen LogP contribution in [0.4, 0.5) is 11.4 Å². The molecule has 4 rings (SSSR count). The predicted molar refractivity (Wildman–Crippen MR) is 120 cm³/mol. The maximum Gasteiger partial charge on any atom is 0.264 e. The summed E-state index contributed by atoms with van der Waals surface area (Å²) < 4.78 is 43.5. The summed E-state index contributed by atoms with van der Waals surface area (Å²) in [6.07, 6.45) is 0. The molecule has 1 amide bonds. The number of methoxy groups -OCH3 is 1. The van der Waals surface area contributed by atoms with Crippen LogP contribution in [0.25, 0.3) is 0 Å². The molecule has 0 spiro atoms. The van der Waals surface area contributed by atoms with Gasteiger partial charge in [-0.3, -0.25) is 9.10 Å². The molecule has 0 bridgehead atoms. The molecule has 0 saturated carbocycles. The zero-order valence-electron chi connectivity index (χ0n) is 16.9. The fourth-order valence-electron chi connectivity index (χ4n) is 3.15. The van der Waals surface area contributed by atoms with Crippen molar-refractivity contribution < 1.29 is 27.4 Å². The molecule has 1 N–H and O–H groups in total. The van der Waals surface area contributed by atoms with E-state index in [1.165, 1.54) is 31.4 Å². The fraction of sp³-hybridized carbons (Fsp3) is 0.136. The van der Waals surface area contributed by atoms with Gasteiger partial charge in [-0.05, 0) is 42.5 Å². The monoisotopic (exact) mass is 474 g/mol. The third kappa shape index (κ3) is 4.44. The number of nitrogens with one attached hydrogen (secondary N) is 1. The summed E-state index contributed by atoms with van der Waals surface area (Å²) in [7, 11) is -2.60. The molecule has 1 heterocycles. The summed E-state index contributed by atoms with van der Waals surface area (Å²) in [6, 6.07) is 17.3. The second-order valence-corrected chi connectivity index (χ2v) is 9.03. The van der Waals surface area contributed by atoms with Crippen LogP contribution in [0.3, 0.4) is 0 Å². The number of hydrogen-bond donors (Lipinski definition) is 1. The molecule has 3 aromatic carbocycles. The number of fused-ring (bicyclic) bond motifs is 1. The van der Waals surface area contributed by atoms with Gasteiger partial charge in [0, 0.05) is 11.8 Å². The molecule has 8 nitrogen and oxygen atoms in total. The Bertz CT molecular complexity index is 1250. The van der Waals surface area contributed by atoms with Crippen molar-refractivity contribution in [1.82, 2.24) is 0 Å². The van der Waals surface area contributed by atoms with E-state index in [1.54, 1.807) is 42.5 Å². The molecule has 0 aromatic heterocycles. The molecule has 1 aliphatic rings. The van der Waals surface area contributed by atoms with Crippen LogP contribution in [0.15, 0.2) is 71.6 Å². The number of rotatable bonds is 7. The standard InChI is InChI=1S/C22H19ClN2O6S/c1-29-19-10-8-16(12-18(19)23)25(32(27,28)17-5-3-2-4-6-17)13-22(26)24-15-7-9-20-21(11-15)31-14-30-20/h2-12H,13-14H2,1H3,(H,24,26). The van der Waals surface area contributed by atoms with Gasteiger partial charge in [-0.25, -0.2) is 8.42 Å². The number of amides is 1. The Morgan fingerprint density at radius 2 is 1.81 bits per heavy atom. The van der Waals surface area contributed by atoms with Crippen molar-refractivity contribution in [1.29, 1.82) is 0 Å². The number of carbonyl (C=O) groups is 1. The highest BCUT2D eigenvalue weighted by molar-refractivity contribution is 7.92. The van der Waals surface area contributed by atoms with Crippen LogP contribution in [0, 0.1) is 0 Å². The van der Waals surface area contributed by atoms with Crippen molar-refractivity contribution in [2.45, 2.75) is 4.90 Å². The molecule has 0 aliphatic carbocycles. The first-order valence-electron chi connectivity index (χ1n) is 9.49. The molecule has 0 saturated heterocycles. The van der Waals surface area contributed by atoms with Crippen molar-refractivity contribution in [3.05, 3.63) is 71.8 Å². The minimum atomic E-state index is -4.06. The van der Waals surface area contributed by atoms with Crippen molar-refractivity contribution >= 4 is 38.9 Å². The minimum absolute atomic E-state index is 0.0443. The first kappa shape index (κ1) is 21.8. The summed E-state index contributed by atoms with van der Waals surface area (Å²) in [5, 5.41) is 2.91. The van der Waals surface area contributed by atoms with Gasteiger partial charge in [0.15, 0.2) is 11.5 Å². The van der Waals surface area contributed by atoms with E-state index in [4.69, 9.17) is 25.8 Å². The van der Waals surface area contributed by atoms with Gasteiger partial charge in [-0.15, -0.1) is 0 Å². The molecule has 0 radical (unpaired) electrons. The Balaban J connectivity index is 1.64. The summed E-state index contributed by atoms with van der Waals surface area (Å²) in [4.78, 5) is 12.9. The quantitative estimate of drug-likeness (QED) is 0.558. The van der Waals surface area contributed by atoms with E-state index < -0.39 is 22.5 Å². The van der Waals surface area contributed by atoms with E-state index >= 15 is 0 Å². The van der Waals surface area contributed by atoms with E-state index in [1.807, 2.05) is 0 Å². The van der Waals surface area contributed by atoms with Crippen molar-refractivity contribution in [2.75, 3.05) is 30.1 Å². The summed E-state index contributed by atoms with van der Waals surface area (Å²) in [6.45, 7) is -0.373. The van der Waals surface area contributed by atoms with E-state index in [-0.39, 0.29) is 22.4 Å². The maximum atomic E-state index is 13.4. The van der Waals surface area contributed by atoms with Gasteiger partial charge in [-0.2, -0.15) is 0 Å². The van der Waals surface area contributed by atoms with Crippen LogP contribution in [0.5, 0.6) is 17.2 Å². The first-order valence-corrected chi connectivity index (χ1v) is 11.3. The lowest BCUT2D eigenvalue weighted by molar-refractivity contribution is -0.114. The molecule has 10 heteroatoms. The molecule has 166 valence electrons. The van der Waals surface area contributed by atoms with Crippen LogP contribution in [-0.4, -0.2) is 34.8 Å². The average molecular weight is 475 g/mol. The lowest BCUT2D eigenvalue weighted by Gasteiger charge is -2.24. The number of benzene rings is 3. The van der Waals surface area contributed by atoms with Gasteiger partial charge in [0.1, 0.15) is 12.3 Å². The van der Waals surface area contributed by atoms with Gasteiger partial charge in [0.05, 0.1) is 22.7 Å². The third-order valence-corrected chi connectivity index (χ3v) is 6.78. The van der Waals surface area contributed by atoms with Crippen LogP contribution in [-0.2, 0) is 14.8 Å². The molecule has 0 atom stereocenters. The number of ether oxygens (including phenoxy) is 3. The molecule has 1 aliphatic heterocycles. The van der Waals surface area contributed by atoms with Crippen LogP contribution < -0.4 is 23.8 Å². The van der Waals surface area contributed by atoms with E-state index in [0.29, 0.717) is 22.9 Å². The number of anilines is 2. The molecule has 3 aromatic rings. The molecule has 0 unspecified atom stereocenters. The molecular weight excluding hydrogens is 456 g/mol. The van der Waals surface area contributed by atoms with Crippen LogP contribution >= 0.6 is 11.6 Å². The second-order valence-electron chi connectivity index (χ2n) is 6.76. The first-order chi connectivity index (χ1) is 15.4. The molecule has 32 heavy (non-hydrogen) atoms. The minimum Gasteiger partial charge on any atom is -0.495 e. The lowest BCUT2D eigenvalue weighted by atomic mass is 10.2. The van der Waals surface area contributed by atoms with E-state index in [9.17, 15) is 13.2 Å². The summed E-state index contributed by atoms with van der Waals surface area (Å²) in [5.41, 5.74) is 0.671. The van der Waals surface area contributed by atoms with Crippen molar-refractivity contribution in [3.8, 4) is 17.2 Å². The fourth-order valence-corrected chi connectivity index (χ4v) is 4.84. The van der Waals surface area contributed by atoms with Gasteiger partial charge < -0.3 is 19.5 Å². The lowest BCUT2D eigenvalue weighted by Crippen LogP contribution is -2.38. The van der Waals surface area contributed by atoms with Crippen molar-refractivity contribution in [3.63, 3.8) is 0 Å². The topological polar surface area (TPSA) is 94.2 Å². The predicted octanol–water partition coefficient (Wildman–Crippen LogP) is 3.91. The number of hydrogen-bond acceptors (Lipinski definition) is 6. The highest BCUT2D eigenvalue weighted by Crippen LogP contribution is 2.35. The Morgan fingerprint density at radius 3 is 2.53 bits per heavy atom. The highest BCUT2D eigenvalue weighted by Gasteiger charge is 2.28. The van der Waals surface area contributed by atoms with E-state index in [0.717, 1.165) is 4.31 Å². The summed E-state index contributed by atoms with van der Waals surface area (Å²) >= 11 is 6.22. The van der Waals surface area contributed by atoms with E-state index in [2.05, 4.69) is 5.32 Å². The van der Waals surface area contributed by atoms with Gasteiger partial charge in [0.2, 0.25) is 12.7 Å². The maximum absolute atomic E-state index is 13.4. The number of carbonyl (C=O) groups excluding carboxylic acids is 1. The van der Waals surface area contributed by atoms with Crippen LogP contribution in [0.2, 0.25) is 5.02 Å². The normalized spacial score (nSPS) is 12.3. The average Bonchev–Trinajstić information content (AvgIpc) is 3.26. The number of sulfonamides is 1. The summed E-state index contributed by atoms with van der Waals surface area (Å²) in [5.74, 6) is 0.912. The second kappa shape index (κ2) is 8.97. The Kier molecular flexibility index (Phi) is 6.11. The molecular formula is C22H19ClN2O6S. The Labute approximate surface area is 190 Å². The molecule has 0 fully saturated rings. The van der Waals surface area contributed by atoms with Gasteiger partial charge >= 0.3 is 0 Å². The number of halogens is 1. The third-order valence-electron chi connectivity index (χ3n) is 4.70. The Hall–Kier alpha value is -3.43. The van der Waals surface area contributed by atoms with Gasteiger partial charge in [-0.1, -0.05) is 29.8 Å². The smallest absolute Gasteiger partial charge is 0.264 e. The SMILES string of the molecule is COc1ccc(N(CC(=O)Nc2ccc3c(c2)OCO3)S(=O)(=O)c2ccccc2)cc1Cl. The van der Waals surface area contributed by atoms with Crippen LogP contribution in [0.1, 0.15) is 0 Å². The highest BCUT2D eigenvalue weighted by atomic mass is 35.5. The largest absolute Gasteiger partial charge is 0.495 e. The number of nitrogens with zero attached hydrogens (tertiary/aromatic N) is 1.